The van der Waals surface area contributed by atoms with Crippen LogP contribution < -0.4 is 16.0 Å². The maximum absolute atomic E-state index is 13.8. The van der Waals surface area contributed by atoms with Crippen molar-refractivity contribution in [1.29, 1.82) is 0 Å². The van der Waals surface area contributed by atoms with Gasteiger partial charge >= 0.3 is 0 Å². The van der Waals surface area contributed by atoms with Crippen molar-refractivity contribution >= 4 is 52.2 Å². The summed E-state index contributed by atoms with van der Waals surface area (Å²) in [5.74, 6) is -2.54. The molecule has 0 saturated carbocycles. The number of nitrogens with one attached hydrogen (secondary N) is 3. The fourth-order valence-corrected chi connectivity index (χ4v) is 5.44. The first-order valence-electron chi connectivity index (χ1n) is 10.0. The van der Waals surface area contributed by atoms with E-state index in [1.54, 1.807) is 12.1 Å². The summed E-state index contributed by atoms with van der Waals surface area (Å²) in [4.78, 5) is 25.7. The third-order valence-corrected chi connectivity index (χ3v) is 7.05. The number of hydrogen-bond donors (Lipinski definition) is 3. The molecule has 7 nitrogen and oxygen atoms in total. The SMILES string of the molecule is Cl.O=C1Cn2ncc(Cl)c2-c2cc(C(=O)N[C@@H]3CNCC[C@H]3c3ccc(F)c(F)c3)sc2N1. The summed E-state index contributed by atoms with van der Waals surface area (Å²) >= 11 is 7.43. The molecule has 0 aliphatic carbocycles. The van der Waals surface area contributed by atoms with Gasteiger partial charge in [-0.2, -0.15) is 5.10 Å². The molecule has 0 bridgehead atoms. The van der Waals surface area contributed by atoms with E-state index in [1.165, 1.54) is 16.9 Å². The first-order valence-corrected chi connectivity index (χ1v) is 11.2. The molecule has 12 heteroatoms. The lowest BCUT2D eigenvalue weighted by atomic mass is 9.86. The Morgan fingerprint density at radius 3 is 2.88 bits per heavy atom. The van der Waals surface area contributed by atoms with E-state index in [0.29, 0.717) is 51.2 Å². The van der Waals surface area contributed by atoms with Crippen molar-refractivity contribution in [1.82, 2.24) is 20.4 Å². The summed E-state index contributed by atoms with van der Waals surface area (Å²) in [5, 5.41) is 14.1. The Morgan fingerprint density at radius 1 is 1.27 bits per heavy atom. The number of carbonyl (C=O) groups excluding carboxylic acids is 2. The van der Waals surface area contributed by atoms with Crippen LogP contribution in [0.25, 0.3) is 11.3 Å². The van der Waals surface area contributed by atoms with Crippen molar-refractivity contribution in [2.75, 3.05) is 18.4 Å². The normalized spacial score (nSPS) is 19.5. The van der Waals surface area contributed by atoms with Crippen LogP contribution in [0, 0.1) is 11.6 Å². The molecule has 2 aromatic heterocycles. The Bertz CT molecular complexity index is 1230. The predicted molar refractivity (Wildman–Crippen MR) is 124 cm³/mol. The van der Waals surface area contributed by atoms with Crippen LogP contribution in [0.2, 0.25) is 5.02 Å². The smallest absolute Gasteiger partial charge is 0.261 e. The topological polar surface area (TPSA) is 88.0 Å². The van der Waals surface area contributed by atoms with Gasteiger partial charge in [0.2, 0.25) is 5.91 Å². The molecule has 3 N–H and O–H groups in total. The number of anilines is 1. The van der Waals surface area contributed by atoms with Crippen LogP contribution in [0.4, 0.5) is 13.8 Å². The fourth-order valence-electron chi connectivity index (χ4n) is 4.22. The highest BCUT2D eigenvalue weighted by atomic mass is 35.5. The van der Waals surface area contributed by atoms with Gasteiger partial charge in [0, 0.05) is 24.1 Å². The second kappa shape index (κ2) is 9.38. The van der Waals surface area contributed by atoms with Crippen LogP contribution in [0.15, 0.2) is 30.5 Å². The van der Waals surface area contributed by atoms with E-state index in [0.717, 1.165) is 17.4 Å². The third kappa shape index (κ3) is 4.48. The lowest BCUT2D eigenvalue weighted by Gasteiger charge is -2.33. The van der Waals surface area contributed by atoms with Gasteiger partial charge in [-0.1, -0.05) is 17.7 Å². The Balaban J connectivity index is 0.00000259. The van der Waals surface area contributed by atoms with Gasteiger partial charge in [0.25, 0.3) is 5.91 Å². The van der Waals surface area contributed by atoms with E-state index in [1.807, 2.05) is 0 Å². The second-order valence-electron chi connectivity index (χ2n) is 7.75. The monoisotopic (exact) mass is 513 g/mol. The highest BCUT2D eigenvalue weighted by Crippen LogP contribution is 2.41. The summed E-state index contributed by atoms with van der Waals surface area (Å²) in [5.41, 5.74) is 1.85. The number of halogens is 4. The number of benzene rings is 1. The molecule has 33 heavy (non-hydrogen) atoms. The molecule has 3 aromatic rings. The lowest BCUT2D eigenvalue weighted by molar-refractivity contribution is -0.116. The minimum absolute atomic E-state index is 0. The number of aromatic nitrogens is 2. The van der Waals surface area contributed by atoms with Crippen LogP contribution >= 0.6 is 35.3 Å². The minimum Gasteiger partial charge on any atom is -0.347 e. The molecule has 1 aromatic carbocycles. The first kappa shape index (κ1) is 23.6. The Morgan fingerprint density at radius 2 is 2.09 bits per heavy atom. The van der Waals surface area contributed by atoms with Gasteiger partial charge in [-0.15, -0.1) is 23.7 Å². The van der Waals surface area contributed by atoms with E-state index in [4.69, 9.17) is 11.6 Å². The Kier molecular flexibility index (Phi) is 6.71. The van der Waals surface area contributed by atoms with Gasteiger partial charge in [0.05, 0.1) is 21.8 Å². The number of nitrogens with zero attached hydrogens (tertiary/aromatic N) is 2. The van der Waals surface area contributed by atoms with Gasteiger partial charge in [-0.3, -0.25) is 14.3 Å². The number of amides is 2. The standard InChI is InChI=1S/C21H18ClF2N5O2S.ClH/c22-13-7-26-29-9-18(30)28-21-12(19(13)29)6-17(32-21)20(31)27-16-8-25-4-3-11(16)10-1-2-14(23)15(24)5-10;/h1-2,5-7,11,16,25H,3-4,8-9H2,(H,27,31)(H,28,30);1H/t11-,16+;/m0./s1. The van der Waals surface area contributed by atoms with E-state index < -0.39 is 11.6 Å². The van der Waals surface area contributed by atoms with Gasteiger partial charge < -0.3 is 16.0 Å². The van der Waals surface area contributed by atoms with Gasteiger partial charge in [-0.05, 0) is 36.7 Å². The zero-order valence-corrected chi connectivity index (χ0v) is 19.4. The summed E-state index contributed by atoms with van der Waals surface area (Å²) in [6.07, 6.45) is 2.14. The van der Waals surface area contributed by atoms with Gasteiger partial charge in [0.1, 0.15) is 11.5 Å². The largest absolute Gasteiger partial charge is 0.347 e. The van der Waals surface area contributed by atoms with Crippen LogP contribution in [-0.4, -0.2) is 40.7 Å². The number of thiophene rings is 1. The molecule has 5 rings (SSSR count). The highest BCUT2D eigenvalue weighted by molar-refractivity contribution is 7.18. The van der Waals surface area contributed by atoms with Crippen LogP contribution in [0.1, 0.15) is 27.6 Å². The van der Waals surface area contributed by atoms with Crippen molar-refractivity contribution in [3.05, 3.63) is 57.6 Å². The van der Waals surface area contributed by atoms with Crippen molar-refractivity contribution < 1.29 is 18.4 Å². The highest BCUT2D eigenvalue weighted by Gasteiger charge is 2.31. The first-order chi connectivity index (χ1) is 15.4. The Hall–Kier alpha value is -2.53. The molecule has 1 saturated heterocycles. The van der Waals surface area contributed by atoms with E-state index in [9.17, 15) is 18.4 Å². The minimum atomic E-state index is -0.905. The molecule has 0 unspecified atom stereocenters. The summed E-state index contributed by atoms with van der Waals surface area (Å²) < 4.78 is 28.7. The number of piperidine rings is 1. The molecule has 0 radical (unpaired) electrons. The molecule has 2 amide bonds. The molecule has 2 atom stereocenters. The summed E-state index contributed by atoms with van der Waals surface area (Å²) in [6.45, 7) is 1.24. The van der Waals surface area contributed by atoms with Crippen molar-refractivity contribution in [3.63, 3.8) is 0 Å². The molecule has 2 aliphatic rings. The molecular formula is C21H19Cl2F2N5O2S. The van der Waals surface area contributed by atoms with Crippen molar-refractivity contribution in [3.8, 4) is 11.3 Å². The molecule has 4 heterocycles. The third-order valence-electron chi connectivity index (χ3n) is 5.72. The van der Waals surface area contributed by atoms with Crippen LogP contribution in [0.3, 0.4) is 0 Å². The van der Waals surface area contributed by atoms with Crippen molar-refractivity contribution in [2.45, 2.75) is 24.9 Å². The maximum Gasteiger partial charge on any atom is 0.261 e. The molecule has 1 fully saturated rings. The molecule has 2 aliphatic heterocycles. The Labute approximate surface area is 202 Å². The average molecular weight is 514 g/mol. The maximum atomic E-state index is 13.8. The van der Waals surface area contributed by atoms with Crippen LogP contribution in [-0.2, 0) is 11.3 Å². The van der Waals surface area contributed by atoms with Crippen molar-refractivity contribution in [2.24, 2.45) is 0 Å². The molecular weight excluding hydrogens is 495 g/mol. The molecule has 174 valence electrons. The summed E-state index contributed by atoms with van der Waals surface area (Å²) in [6, 6.07) is 5.23. The average Bonchev–Trinajstić information content (AvgIpc) is 3.30. The zero-order chi connectivity index (χ0) is 22.4. The number of rotatable bonds is 3. The van der Waals surface area contributed by atoms with E-state index in [2.05, 4.69) is 21.0 Å². The molecule has 0 spiro atoms. The fraction of sp³-hybridized carbons (Fsp3) is 0.286. The van der Waals surface area contributed by atoms with E-state index in [-0.39, 0.29) is 42.7 Å². The number of fused-ring (bicyclic) bond motifs is 3. The lowest BCUT2D eigenvalue weighted by Crippen LogP contribution is -2.49. The number of carbonyl (C=O) groups is 2. The predicted octanol–water partition coefficient (Wildman–Crippen LogP) is 3.79. The van der Waals surface area contributed by atoms with E-state index >= 15 is 0 Å². The van der Waals surface area contributed by atoms with Gasteiger partial charge in [0.15, 0.2) is 11.6 Å². The number of hydrogen-bond acceptors (Lipinski definition) is 5. The quantitative estimate of drug-likeness (QED) is 0.497. The van der Waals surface area contributed by atoms with Crippen LogP contribution in [0.5, 0.6) is 0 Å². The van der Waals surface area contributed by atoms with Gasteiger partial charge in [-0.25, -0.2) is 8.78 Å². The second-order valence-corrected chi connectivity index (χ2v) is 9.21. The summed E-state index contributed by atoms with van der Waals surface area (Å²) in [7, 11) is 0. The zero-order valence-electron chi connectivity index (χ0n) is 17.0.